The van der Waals surface area contributed by atoms with Gasteiger partial charge in [0.25, 0.3) is 0 Å². The highest BCUT2D eigenvalue weighted by molar-refractivity contribution is 14.1. The minimum atomic E-state index is -0.114. The summed E-state index contributed by atoms with van der Waals surface area (Å²) in [6.45, 7) is 0.961. The molecule has 0 fully saturated rings. The molecule has 0 saturated heterocycles. The Morgan fingerprint density at radius 1 is 1.43 bits per heavy atom. The fraction of sp³-hybridized carbons (Fsp3) is 1.00. The van der Waals surface area contributed by atoms with Crippen molar-refractivity contribution in [2.75, 3.05) is 24.2 Å². The van der Waals surface area contributed by atoms with Crippen LogP contribution in [-0.4, -0.2) is 24.2 Å². The Hall–Kier alpha value is 0.650. The van der Waals surface area contributed by atoms with Crippen LogP contribution in [0.15, 0.2) is 0 Å². The van der Waals surface area contributed by atoms with E-state index in [2.05, 4.69) is 22.6 Å². The zero-order valence-electron chi connectivity index (χ0n) is 4.02. The molecule has 1 radical (unpaired) electrons. The third-order valence-electron chi connectivity index (χ3n) is 0.449. The van der Waals surface area contributed by atoms with E-state index in [0.717, 1.165) is 4.43 Å². The molecule has 0 spiro atoms. The highest BCUT2D eigenvalue weighted by Gasteiger charge is 1.80. The van der Waals surface area contributed by atoms with Crippen molar-refractivity contribution in [3.8, 4) is 0 Å². The molecule has 0 aromatic rings. The maximum absolute atomic E-state index is 9.68. The molecule has 0 heterocycles. The van der Waals surface area contributed by atoms with Gasteiger partial charge in [-0.2, -0.15) is 0 Å². The van der Waals surface area contributed by atoms with Gasteiger partial charge in [0.15, 0.2) is 0 Å². The van der Waals surface area contributed by atoms with Gasteiger partial charge in [0.1, 0.15) is 6.61 Å². The van der Waals surface area contributed by atoms with E-state index in [9.17, 15) is 5.11 Å². The number of alkyl halides is 1. The van der Waals surface area contributed by atoms with Gasteiger partial charge in [-0.05, 0) is 0 Å². The van der Waals surface area contributed by atoms with E-state index in [4.69, 9.17) is 4.74 Å². The Kier molecular flexibility index (Phi) is 7.27. The summed E-state index contributed by atoms with van der Waals surface area (Å²) < 4.78 is 5.78. The fourth-order valence-corrected chi connectivity index (χ4v) is 0.527. The average molecular weight is 215 g/mol. The third-order valence-corrected chi connectivity index (χ3v) is 0.890. The monoisotopic (exact) mass is 215 g/mol. The molecule has 43 valence electrons. The van der Waals surface area contributed by atoms with Gasteiger partial charge in [0.05, 0.1) is 13.2 Å². The van der Waals surface area contributed by atoms with Crippen LogP contribution >= 0.6 is 22.6 Å². The lowest BCUT2D eigenvalue weighted by atomic mass is 10.8. The lowest BCUT2D eigenvalue weighted by molar-refractivity contribution is 0.0726. The first-order chi connectivity index (χ1) is 3.41. The van der Waals surface area contributed by atoms with Crippen molar-refractivity contribution < 1.29 is 9.84 Å². The highest BCUT2D eigenvalue weighted by Crippen LogP contribution is 1.80. The first-order valence-corrected chi connectivity index (χ1v) is 3.66. The summed E-state index contributed by atoms with van der Waals surface area (Å²) in [6.07, 6.45) is 0. The standard InChI is InChI=1S/C4H8IO2/c5-1-3-7-4-2-6/h1-4H2. The number of hydrogen-bond donors (Lipinski definition) is 0. The van der Waals surface area contributed by atoms with Crippen molar-refractivity contribution in [1.82, 2.24) is 0 Å². The van der Waals surface area contributed by atoms with Crippen molar-refractivity contribution >= 4 is 22.6 Å². The first-order valence-electron chi connectivity index (χ1n) is 2.13. The molecule has 0 N–H and O–H groups in total. The highest BCUT2D eigenvalue weighted by atomic mass is 127. The van der Waals surface area contributed by atoms with Crippen LogP contribution in [0.1, 0.15) is 0 Å². The predicted octanol–water partition coefficient (Wildman–Crippen LogP) is 0.869. The Morgan fingerprint density at radius 2 is 2.14 bits per heavy atom. The second kappa shape index (κ2) is 6.65. The third kappa shape index (κ3) is 6.65. The van der Waals surface area contributed by atoms with Gasteiger partial charge in [0, 0.05) is 4.43 Å². The molecule has 0 aliphatic heterocycles. The average Bonchev–Trinajstić information content (AvgIpc) is 1.69. The molecule has 0 amide bonds. The van der Waals surface area contributed by atoms with Crippen LogP contribution in [0.2, 0.25) is 0 Å². The Labute approximate surface area is 57.0 Å². The summed E-state index contributed by atoms with van der Waals surface area (Å²) in [5.41, 5.74) is 0. The van der Waals surface area contributed by atoms with E-state index < -0.39 is 0 Å². The summed E-state index contributed by atoms with van der Waals surface area (Å²) in [4.78, 5) is 0. The van der Waals surface area contributed by atoms with E-state index in [1.54, 1.807) is 0 Å². The van der Waals surface area contributed by atoms with Gasteiger partial charge in [-0.25, -0.2) is 5.11 Å². The topological polar surface area (TPSA) is 29.1 Å². The lowest BCUT2D eigenvalue weighted by Crippen LogP contribution is -1.99. The quantitative estimate of drug-likeness (QED) is 0.388. The fourth-order valence-electron chi connectivity index (χ4n) is 0.216. The normalized spacial score (nSPS) is 9.43. The predicted molar refractivity (Wildman–Crippen MR) is 35.3 cm³/mol. The first kappa shape index (κ1) is 7.65. The Bertz CT molecular complexity index is 28.9. The van der Waals surface area contributed by atoms with Crippen LogP contribution in [-0.2, 0) is 9.84 Å². The molecule has 0 rings (SSSR count). The van der Waals surface area contributed by atoms with Gasteiger partial charge >= 0.3 is 0 Å². The summed E-state index contributed by atoms with van der Waals surface area (Å²) in [5, 5.41) is 9.68. The van der Waals surface area contributed by atoms with Gasteiger partial charge in [0.2, 0.25) is 0 Å². The van der Waals surface area contributed by atoms with Crippen molar-refractivity contribution in [1.29, 1.82) is 0 Å². The van der Waals surface area contributed by atoms with Gasteiger partial charge in [-0.1, -0.05) is 22.6 Å². The van der Waals surface area contributed by atoms with Crippen molar-refractivity contribution in [3.63, 3.8) is 0 Å². The molecule has 0 bridgehead atoms. The molecule has 3 heteroatoms. The zero-order chi connectivity index (χ0) is 5.54. The molecular weight excluding hydrogens is 207 g/mol. The zero-order valence-corrected chi connectivity index (χ0v) is 6.18. The molecule has 0 aromatic heterocycles. The maximum atomic E-state index is 9.68. The Morgan fingerprint density at radius 3 is 2.57 bits per heavy atom. The van der Waals surface area contributed by atoms with E-state index in [0.29, 0.717) is 13.2 Å². The smallest absolute Gasteiger partial charge is 0.106 e. The molecule has 0 aromatic carbocycles. The van der Waals surface area contributed by atoms with Gasteiger partial charge < -0.3 is 4.74 Å². The number of ether oxygens (including phenoxy) is 1. The largest absolute Gasteiger partial charge is 0.378 e. The molecule has 0 saturated carbocycles. The Balaban J connectivity index is 2.45. The van der Waals surface area contributed by atoms with Crippen LogP contribution < -0.4 is 0 Å². The number of hydrogen-bond acceptors (Lipinski definition) is 1. The second-order valence-corrected chi connectivity index (χ2v) is 2.08. The van der Waals surface area contributed by atoms with E-state index >= 15 is 0 Å². The second-order valence-electron chi connectivity index (χ2n) is 1.01. The minimum absolute atomic E-state index is 0.114. The van der Waals surface area contributed by atoms with Crippen LogP contribution in [0.3, 0.4) is 0 Å². The summed E-state index contributed by atoms with van der Waals surface area (Å²) in [5.74, 6) is 0. The van der Waals surface area contributed by atoms with Crippen molar-refractivity contribution in [2.45, 2.75) is 0 Å². The molecule has 0 aliphatic carbocycles. The summed E-state index contributed by atoms with van der Waals surface area (Å²) >= 11 is 2.20. The molecule has 2 nitrogen and oxygen atoms in total. The van der Waals surface area contributed by atoms with E-state index in [1.165, 1.54) is 0 Å². The molecule has 0 atom stereocenters. The van der Waals surface area contributed by atoms with Gasteiger partial charge in [-0.15, -0.1) is 0 Å². The molecule has 0 unspecified atom stereocenters. The minimum Gasteiger partial charge on any atom is -0.378 e. The van der Waals surface area contributed by atoms with Crippen LogP contribution in [0.25, 0.3) is 0 Å². The van der Waals surface area contributed by atoms with E-state index in [-0.39, 0.29) is 6.61 Å². The van der Waals surface area contributed by atoms with Crippen LogP contribution in [0.5, 0.6) is 0 Å². The molecule has 7 heavy (non-hydrogen) atoms. The molecular formula is C4H8IO2. The number of halogens is 1. The van der Waals surface area contributed by atoms with Crippen molar-refractivity contribution in [2.24, 2.45) is 0 Å². The molecule has 0 aliphatic rings. The van der Waals surface area contributed by atoms with Crippen LogP contribution in [0, 0.1) is 0 Å². The lowest BCUT2D eigenvalue weighted by Gasteiger charge is -1.93. The van der Waals surface area contributed by atoms with E-state index in [1.807, 2.05) is 0 Å². The summed E-state index contributed by atoms with van der Waals surface area (Å²) in [7, 11) is 0. The van der Waals surface area contributed by atoms with Gasteiger partial charge in [-0.3, -0.25) is 0 Å². The summed E-state index contributed by atoms with van der Waals surface area (Å²) in [6, 6.07) is 0. The van der Waals surface area contributed by atoms with Crippen molar-refractivity contribution in [3.05, 3.63) is 0 Å². The van der Waals surface area contributed by atoms with Crippen LogP contribution in [0.4, 0.5) is 0 Å². The number of rotatable bonds is 4. The SMILES string of the molecule is [O]CCOCCI. The maximum Gasteiger partial charge on any atom is 0.106 e.